The maximum atomic E-state index is 13.5. The van der Waals surface area contributed by atoms with Gasteiger partial charge in [-0.15, -0.1) is 0 Å². The van der Waals surface area contributed by atoms with Crippen molar-refractivity contribution >= 4 is 11.9 Å². The molecular formula is C21H20FNO4. The summed E-state index contributed by atoms with van der Waals surface area (Å²) in [6, 6.07) is 10.7. The van der Waals surface area contributed by atoms with Gasteiger partial charge in [-0.2, -0.15) is 0 Å². The first-order chi connectivity index (χ1) is 12.8. The topological polar surface area (TPSA) is 77.8 Å². The molecule has 1 aliphatic rings. The van der Waals surface area contributed by atoms with Gasteiger partial charge < -0.3 is 15.1 Å². The number of nitrogens with zero attached hydrogens (tertiary/aromatic N) is 1. The number of hydrogen-bond donors (Lipinski definition) is 2. The fraction of sp³-hybridized carbons (Fsp3) is 0.238. The van der Waals surface area contributed by atoms with E-state index >= 15 is 0 Å². The molecule has 0 bridgehead atoms. The summed E-state index contributed by atoms with van der Waals surface area (Å²) in [5, 5.41) is 20.9. The van der Waals surface area contributed by atoms with Gasteiger partial charge in [0.25, 0.3) is 5.91 Å². The summed E-state index contributed by atoms with van der Waals surface area (Å²) >= 11 is 0. The van der Waals surface area contributed by atoms with Crippen molar-refractivity contribution in [3.05, 3.63) is 83.2 Å². The van der Waals surface area contributed by atoms with Crippen LogP contribution < -0.4 is 0 Å². The second kappa shape index (κ2) is 6.96. The molecule has 0 aromatic heterocycles. The van der Waals surface area contributed by atoms with E-state index in [4.69, 9.17) is 5.11 Å². The first kappa shape index (κ1) is 18.8. The lowest BCUT2D eigenvalue weighted by Gasteiger charge is -2.48. The van der Waals surface area contributed by atoms with E-state index in [1.165, 1.54) is 35.2 Å². The quantitative estimate of drug-likeness (QED) is 0.813. The van der Waals surface area contributed by atoms with E-state index in [-0.39, 0.29) is 11.9 Å². The molecule has 0 saturated carbocycles. The fourth-order valence-electron chi connectivity index (χ4n) is 3.62. The molecule has 1 aliphatic heterocycles. The molecule has 0 saturated heterocycles. The Morgan fingerprint density at radius 1 is 1.19 bits per heavy atom. The second-order valence-corrected chi connectivity index (χ2v) is 6.77. The van der Waals surface area contributed by atoms with E-state index in [9.17, 15) is 19.1 Å². The maximum Gasteiger partial charge on any atom is 0.328 e. The number of aliphatic carboxylic acids is 1. The summed E-state index contributed by atoms with van der Waals surface area (Å²) in [4.78, 5) is 25.6. The zero-order chi connectivity index (χ0) is 19.8. The van der Waals surface area contributed by atoms with Gasteiger partial charge in [0, 0.05) is 23.2 Å². The van der Waals surface area contributed by atoms with E-state index in [1.807, 2.05) is 0 Å². The van der Waals surface area contributed by atoms with Gasteiger partial charge in [-0.05, 0) is 37.6 Å². The Morgan fingerprint density at radius 3 is 2.41 bits per heavy atom. The van der Waals surface area contributed by atoms with Crippen molar-refractivity contribution in [2.75, 3.05) is 0 Å². The molecule has 27 heavy (non-hydrogen) atoms. The summed E-state index contributed by atoms with van der Waals surface area (Å²) in [5.74, 6) is -1.94. The van der Waals surface area contributed by atoms with Crippen LogP contribution in [0.5, 0.6) is 0 Å². The zero-order valence-electron chi connectivity index (χ0n) is 15.0. The van der Waals surface area contributed by atoms with Crippen LogP contribution in [0.15, 0.2) is 60.7 Å². The smallest absolute Gasteiger partial charge is 0.328 e. The summed E-state index contributed by atoms with van der Waals surface area (Å²) in [6.45, 7) is 3.58. The van der Waals surface area contributed by atoms with Crippen LogP contribution in [0.25, 0.3) is 0 Å². The summed E-state index contributed by atoms with van der Waals surface area (Å²) in [7, 11) is 0. The predicted molar refractivity (Wildman–Crippen MR) is 97.7 cm³/mol. The van der Waals surface area contributed by atoms with E-state index in [1.54, 1.807) is 38.1 Å². The minimum absolute atomic E-state index is 0.299. The van der Waals surface area contributed by atoms with Gasteiger partial charge in [-0.3, -0.25) is 4.79 Å². The summed E-state index contributed by atoms with van der Waals surface area (Å²) in [5.41, 5.74) is -0.667. The first-order valence-electron chi connectivity index (χ1n) is 8.58. The number of carboxylic acids is 1. The molecule has 0 spiro atoms. The average molecular weight is 369 g/mol. The maximum absolute atomic E-state index is 13.5. The van der Waals surface area contributed by atoms with Crippen LogP contribution in [0.3, 0.4) is 0 Å². The molecule has 2 atom stereocenters. The molecule has 1 amide bonds. The van der Waals surface area contributed by atoms with Gasteiger partial charge in [0.15, 0.2) is 0 Å². The number of benzene rings is 2. The molecule has 2 aromatic carbocycles. The van der Waals surface area contributed by atoms with Gasteiger partial charge in [0.05, 0.1) is 6.04 Å². The summed E-state index contributed by atoms with van der Waals surface area (Å²) in [6.07, 6.45) is 2.22. The number of rotatable bonds is 4. The number of hydrogen-bond acceptors (Lipinski definition) is 3. The van der Waals surface area contributed by atoms with Gasteiger partial charge in [0.2, 0.25) is 0 Å². The zero-order valence-corrected chi connectivity index (χ0v) is 15.0. The number of carbonyl (C=O) groups is 2. The van der Waals surface area contributed by atoms with Gasteiger partial charge >= 0.3 is 5.97 Å². The third kappa shape index (κ3) is 3.13. The SMILES string of the molecule is CC(C)N1C(=O)c2ccccc2C(O)(c2ccc(F)cc2)C1/C=C/C(=O)O. The molecule has 140 valence electrons. The molecule has 1 heterocycles. The number of fused-ring (bicyclic) bond motifs is 1. The second-order valence-electron chi connectivity index (χ2n) is 6.77. The first-order valence-corrected chi connectivity index (χ1v) is 8.58. The highest BCUT2D eigenvalue weighted by Crippen LogP contribution is 2.43. The monoisotopic (exact) mass is 369 g/mol. The minimum atomic E-state index is -1.73. The standard InChI is InChI=1S/C21H20FNO4/c1-13(2)23-18(11-12-19(24)25)21(27,14-7-9-15(22)10-8-14)17-6-4-3-5-16(17)20(23)26/h3-13,18,27H,1-2H3,(H,24,25)/b12-11+. The molecule has 2 N–H and O–H groups in total. The van der Waals surface area contributed by atoms with Gasteiger partial charge in [0.1, 0.15) is 11.4 Å². The van der Waals surface area contributed by atoms with Gasteiger partial charge in [-0.1, -0.05) is 36.4 Å². The van der Waals surface area contributed by atoms with E-state index in [0.29, 0.717) is 16.7 Å². The lowest BCUT2D eigenvalue weighted by Crippen LogP contribution is -2.59. The van der Waals surface area contributed by atoms with Crippen molar-refractivity contribution < 1.29 is 24.2 Å². The third-order valence-corrected chi connectivity index (χ3v) is 4.79. The Balaban J connectivity index is 2.32. The van der Waals surface area contributed by atoms with E-state index < -0.39 is 23.4 Å². The number of carboxylic acid groups (broad SMARTS) is 1. The number of halogens is 1. The lowest BCUT2D eigenvalue weighted by atomic mass is 9.73. The number of aliphatic hydroxyl groups is 1. The summed E-state index contributed by atoms with van der Waals surface area (Å²) < 4.78 is 13.5. The van der Waals surface area contributed by atoms with Crippen LogP contribution >= 0.6 is 0 Å². The highest BCUT2D eigenvalue weighted by Gasteiger charge is 2.50. The predicted octanol–water partition coefficient (Wildman–Crippen LogP) is 2.94. The van der Waals surface area contributed by atoms with E-state index in [0.717, 1.165) is 6.08 Å². The highest BCUT2D eigenvalue weighted by atomic mass is 19.1. The average Bonchev–Trinajstić information content (AvgIpc) is 2.63. The highest BCUT2D eigenvalue weighted by molar-refractivity contribution is 5.98. The Labute approximate surface area is 156 Å². The van der Waals surface area contributed by atoms with Crippen LogP contribution in [0.2, 0.25) is 0 Å². The molecule has 3 rings (SSSR count). The van der Waals surface area contributed by atoms with Crippen molar-refractivity contribution in [2.45, 2.75) is 31.5 Å². The molecule has 6 heteroatoms. The Bertz CT molecular complexity index is 907. The van der Waals surface area contributed by atoms with Crippen LogP contribution in [-0.2, 0) is 10.4 Å². The molecule has 0 radical (unpaired) electrons. The van der Waals surface area contributed by atoms with E-state index in [2.05, 4.69) is 0 Å². The van der Waals surface area contributed by atoms with Crippen LogP contribution in [0.4, 0.5) is 4.39 Å². The van der Waals surface area contributed by atoms with Crippen molar-refractivity contribution in [1.82, 2.24) is 4.90 Å². The van der Waals surface area contributed by atoms with Crippen LogP contribution in [0, 0.1) is 5.82 Å². The molecule has 2 aromatic rings. The van der Waals surface area contributed by atoms with Crippen molar-refractivity contribution in [3.63, 3.8) is 0 Å². The van der Waals surface area contributed by atoms with Crippen molar-refractivity contribution in [1.29, 1.82) is 0 Å². The molecule has 2 unspecified atom stereocenters. The number of carbonyl (C=O) groups excluding carboxylic acids is 1. The Hall–Kier alpha value is -2.99. The van der Waals surface area contributed by atoms with Gasteiger partial charge in [-0.25, -0.2) is 9.18 Å². The largest absolute Gasteiger partial charge is 0.478 e. The molecular weight excluding hydrogens is 349 g/mol. The van der Waals surface area contributed by atoms with Crippen molar-refractivity contribution in [2.24, 2.45) is 0 Å². The minimum Gasteiger partial charge on any atom is -0.478 e. The molecule has 5 nitrogen and oxygen atoms in total. The molecule has 0 fully saturated rings. The molecule has 0 aliphatic carbocycles. The normalized spacial score (nSPS) is 22.3. The Kier molecular flexibility index (Phi) is 4.85. The third-order valence-electron chi connectivity index (χ3n) is 4.79. The van der Waals surface area contributed by atoms with Crippen LogP contribution in [-0.4, -0.2) is 39.1 Å². The Morgan fingerprint density at radius 2 is 1.81 bits per heavy atom. The van der Waals surface area contributed by atoms with Crippen LogP contribution in [0.1, 0.15) is 35.3 Å². The van der Waals surface area contributed by atoms with Crippen molar-refractivity contribution in [3.8, 4) is 0 Å². The number of amides is 1. The lowest BCUT2D eigenvalue weighted by molar-refractivity contribution is -0.131. The fourth-order valence-corrected chi connectivity index (χ4v) is 3.62.